The Hall–Kier alpha value is -1.43. The molecule has 24 heavy (non-hydrogen) atoms. The van der Waals surface area contributed by atoms with Crippen LogP contribution in [-0.2, 0) is 11.8 Å². The van der Waals surface area contributed by atoms with Crippen LogP contribution in [0.15, 0.2) is 12.4 Å². The van der Waals surface area contributed by atoms with Crippen LogP contribution in [0.2, 0.25) is 0 Å². The second-order valence-electron chi connectivity index (χ2n) is 7.51. The highest BCUT2D eigenvalue weighted by Gasteiger charge is 2.39. The molecular weight excluding hydrogens is 294 g/mol. The Morgan fingerprint density at radius 1 is 1.04 bits per heavy atom. The summed E-state index contributed by atoms with van der Waals surface area (Å²) in [6.45, 7) is 4.45. The molecule has 132 valence electrons. The average molecular weight is 328 g/mol. The summed E-state index contributed by atoms with van der Waals surface area (Å²) in [5.41, 5.74) is 0.752. The van der Waals surface area contributed by atoms with E-state index in [9.17, 15) is 5.26 Å². The van der Waals surface area contributed by atoms with Crippen LogP contribution in [0.4, 0.5) is 0 Å². The topological polar surface area (TPSA) is 49.6 Å². The lowest BCUT2D eigenvalue weighted by atomic mass is 9.69. The highest BCUT2D eigenvalue weighted by molar-refractivity contribution is 5.22. The Morgan fingerprint density at radius 2 is 1.71 bits per heavy atom. The Labute approximate surface area is 147 Å². The molecule has 0 spiro atoms. The van der Waals surface area contributed by atoms with Crippen molar-refractivity contribution in [2.45, 2.75) is 96.3 Å². The number of aromatic nitrogens is 2. The normalized spacial score (nSPS) is 23.8. The fourth-order valence-corrected chi connectivity index (χ4v) is 3.82. The van der Waals surface area contributed by atoms with Gasteiger partial charge in [0.1, 0.15) is 11.2 Å². The van der Waals surface area contributed by atoms with Crippen molar-refractivity contribution < 1.29 is 0 Å². The molecule has 0 bridgehead atoms. The second kappa shape index (κ2) is 9.77. The molecule has 1 aliphatic carbocycles. The summed E-state index contributed by atoms with van der Waals surface area (Å²) in [5.74, 6) is 1.56. The van der Waals surface area contributed by atoms with Crippen LogP contribution in [0.3, 0.4) is 0 Å². The largest absolute Gasteiger partial charge is 0.239 e. The van der Waals surface area contributed by atoms with Crippen LogP contribution in [0, 0.1) is 17.2 Å². The first-order valence-corrected chi connectivity index (χ1v) is 9.96. The van der Waals surface area contributed by atoms with E-state index < -0.39 is 5.41 Å². The smallest absolute Gasteiger partial charge is 0.148 e. The number of rotatable bonds is 9. The van der Waals surface area contributed by atoms with Crippen LogP contribution in [0.25, 0.3) is 0 Å². The monoisotopic (exact) mass is 327 g/mol. The van der Waals surface area contributed by atoms with Crippen LogP contribution in [0.5, 0.6) is 0 Å². The molecule has 2 rings (SSSR count). The Kier molecular flexibility index (Phi) is 7.69. The van der Waals surface area contributed by atoms with Crippen molar-refractivity contribution in [1.29, 1.82) is 5.26 Å². The standard InChI is InChI=1S/C21H33N3/c1-3-5-7-8-10-18-11-13-21(17-22,14-12-18)20-23-15-19(16-24-20)9-6-4-2/h15-16,18H,3-14H2,1-2H3. The molecule has 0 N–H and O–H groups in total. The quantitative estimate of drug-likeness (QED) is 0.543. The minimum atomic E-state index is -0.441. The Balaban J connectivity index is 1.90. The van der Waals surface area contributed by atoms with Crippen molar-refractivity contribution >= 4 is 0 Å². The fraction of sp³-hybridized carbons (Fsp3) is 0.762. The van der Waals surface area contributed by atoms with Crippen molar-refractivity contribution in [3.05, 3.63) is 23.8 Å². The minimum Gasteiger partial charge on any atom is -0.239 e. The predicted octanol–water partition coefficient (Wildman–Crippen LogP) is 5.74. The Bertz CT molecular complexity index is 507. The van der Waals surface area contributed by atoms with Crippen LogP contribution in [0.1, 0.15) is 95.9 Å². The zero-order chi connectivity index (χ0) is 17.3. The molecule has 1 aromatic rings. The van der Waals surface area contributed by atoms with Gasteiger partial charge in [0.25, 0.3) is 0 Å². The van der Waals surface area contributed by atoms with Gasteiger partial charge >= 0.3 is 0 Å². The van der Waals surface area contributed by atoms with Crippen LogP contribution in [-0.4, -0.2) is 9.97 Å². The molecule has 1 aliphatic rings. The number of aryl methyl sites for hydroxylation is 1. The van der Waals surface area contributed by atoms with Crippen molar-refractivity contribution in [3.63, 3.8) is 0 Å². The summed E-state index contributed by atoms with van der Waals surface area (Å²) in [7, 11) is 0. The molecule has 0 amide bonds. The van der Waals surface area contributed by atoms with E-state index in [2.05, 4.69) is 29.9 Å². The van der Waals surface area contributed by atoms with Gasteiger partial charge in [0.05, 0.1) is 6.07 Å². The van der Waals surface area contributed by atoms with E-state index in [0.29, 0.717) is 0 Å². The van der Waals surface area contributed by atoms with Gasteiger partial charge in [-0.15, -0.1) is 0 Å². The van der Waals surface area contributed by atoms with E-state index in [1.807, 2.05) is 12.4 Å². The van der Waals surface area contributed by atoms with E-state index in [1.165, 1.54) is 50.5 Å². The number of unbranched alkanes of at least 4 members (excludes halogenated alkanes) is 4. The van der Waals surface area contributed by atoms with Crippen molar-refractivity contribution in [2.24, 2.45) is 5.92 Å². The van der Waals surface area contributed by atoms with Gasteiger partial charge < -0.3 is 0 Å². The summed E-state index contributed by atoms with van der Waals surface area (Å²) in [4.78, 5) is 9.15. The minimum absolute atomic E-state index is 0.441. The van der Waals surface area contributed by atoms with Gasteiger partial charge in [0.15, 0.2) is 0 Å². The molecule has 1 aromatic heterocycles. The second-order valence-corrected chi connectivity index (χ2v) is 7.51. The van der Waals surface area contributed by atoms with E-state index in [0.717, 1.165) is 43.8 Å². The van der Waals surface area contributed by atoms with Gasteiger partial charge in [-0.2, -0.15) is 5.26 Å². The highest BCUT2D eigenvalue weighted by atomic mass is 14.9. The number of hydrogen-bond donors (Lipinski definition) is 0. The Morgan fingerprint density at radius 3 is 2.29 bits per heavy atom. The molecule has 0 radical (unpaired) electrons. The third-order valence-electron chi connectivity index (χ3n) is 5.59. The maximum absolute atomic E-state index is 9.81. The molecule has 0 aromatic carbocycles. The van der Waals surface area contributed by atoms with Crippen LogP contribution >= 0.6 is 0 Å². The average Bonchev–Trinajstić information content (AvgIpc) is 2.64. The van der Waals surface area contributed by atoms with E-state index in [4.69, 9.17) is 0 Å². The van der Waals surface area contributed by atoms with E-state index in [1.54, 1.807) is 0 Å². The maximum Gasteiger partial charge on any atom is 0.148 e. The molecule has 0 aliphatic heterocycles. The van der Waals surface area contributed by atoms with Gasteiger partial charge in [-0.25, -0.2) is 9.97 Å². The van der Waals surface area contributed by atoms with Crippen molar-refractivity contribution in [1.82, 2.24) is 9.97 Å². The molecule has 1 fully saturated rings. The lowest BCUT2D eigenvalue weighted by Gasteiger charge is -2.33. The number of nitriles is 1. The third-order valence-corrected chi connectivity index (χ3v) is 5.59. The first-order chi connectivity index (χ1) is 11.7. The van der Waals surface area contributed by atoms with Gasteiger partial charge in [0, 0.05) is 12.4 Å². The zero-order valence-corrected chi connectivity index (χ0v) is 15.6. The molecule has 0 atom stereocenters. The van der Waals surface area contributed by atoms with Crippen molar-refractivity contribution in [2.75, 3.05) is 0 Å². The predicted molar refractivity (Wildman–Crippen MR) is 98.7 cm³/mol. The van der Waals surface area contributed by atoms with E-state index in [-0.39, 0.29) is 0 Å². The highest BCUT2D eigenvalue weighted by Crippen LogP contribution is 2.41. The summed E-state index contributed by atoms with van der Waals surface area (Å²) in [6.07, 6.45) is 18.1. The van der Waals surface area contributed by atoms with Gasteiger partial charge in [-0.1, -0.05) is 52.4 Å². The van der Waals surface area contributed by atoms with Crippen LogP contribution < -0.4 is 0 Å². The lowest BCUT2D eigenvalue weighted by molar-refractivity contribution is 0.253. The number of hydrogen-bond acceptors (Lipinski definition) is 3. The molecule has 0 saturated heterocycles. The summed E-state index contributed by atoms with van der Waals surface area (Å²) < 4.78 is 0. The van der Waals surface area contributed by atoms with Crippen molar-refractivity contribution in [3.8, 4) is 6.07 Å². The molecule has 3 nitrogen and oxygen atoms in total. The molecular formula is C21H33N3. The summed E-state index contributed by atoms with van der Waals surface area (Å²) in [6, 6.07) is 2.57. The van der Waals surface area contributed by atoms with Gasteiger partial charge in [-0.05, 0) is 50.0 Å². The SMILES string of the molecule is CCCCCCC1CCC(C#N)(c2ncc(CCCC)cn2)CC1. The molecule has 1 heterocycles. The van der Waals surface area contributed by atoms with E-state index >= 15 is 0 Å². The van der Waals surface area contributed by atoms with Gasteiger partial charge in [-0.3, -0.25) is 0 Å². The lowest BCUT2D eigenvalue weighted by Crippen LogP contribution is -2.32. The fourth-order valence-electron chi connectivity index (χ4n) is 3.82. The molecule has 3 heteroatoms. The van der Waals surface area contributed by atoms with Gasteiger partial charge in [0.2, 0.25) is 0 Å². The maximum atomic E-state index is 9.81. The molecule has 0 unspecified atom stereocenters. The number of nitrogens with zero attached hydrogens (tertiary/aromatic N) is 3. The first kappa shape index (κ1) is 18.9. The molecule has 1 saturated carbocycles. The summed E-state index contributed by atoms with van der Waals surface area (Å²) >= 11 is 0. The third kappa shape index (κ3) is 5.03. The summed E-state index contributed by atoms with van der Waals surface area (Å²) in [5, 5.41) is 9.81. The first-order valence-electron chi connectivity index (χ1n) is 9.96. The zero-order valence-electron chi connectivity index (χ0n) is 15.6.